The second-order valence-corrected chi connectivity index (χ2v) is 9.53. The van der Waals surface area contributed by atoms with Gasteiger partial charge in [-0.2, -0.15) is 0 Å². The second kappa shape index (κ2) is 13.3. The average molecular weight is 471 g/mol. The largest absolute Gasteiger partial charge is 0.463 e. The maximum absolute atomic E-state index is 13.0. The van der Waals surface area contributed by atoms with Gasteiger partial charge in [-0.25, -0.2) is 0 Å². The van der Waals surface area contributed by atoms with Crippen molar-refractivity contribution in [1.29, 1.82) is 0 Å². The monoisotopic (exact) mass is 470 g/mol. The number of nitrogens with one attached hydrogen (secondary N) is 1. The number of allylic oxidation sites excluding steroid dienone is 2. The number of esters is 1. The molecular formula is C27H38N2O5. The van der Waals surface area contributed by atoms with Crippen LogP contribution in [-0.2, 0) is 25.5 Å². The SMILES string of the molecule is C[C@H]1COC(=O)[C@@H](Cc2ccccc2)CCCC=CC[C@H](CC(=O)N2CCC[C@H]2CO)C(=O)N1. The van der Waals surface area contributed by atoms with Gasteiger partial charge in [-0.1, -0.05) is 42.5 Å². The Morgan fingerprint density at radius 2 is 1.91 bits per heavy atom. The molecule has 2 heterocycles. The molecule has 0 aromatic heterocycles. The third-order valence-electron chi connectivity index (χ3n) is 6.73. The maximum atomic E-state index is 13.0. The van der Waals surface area contributed by atoms with Crippen molar-refractivity contribution in [3.8, 4) is 0 Å². The Balaban J connectivity index is 1.63. The Labute approximate surface area is 202 Å². The number of carbonyl (C=O) groups is 3. The van der Waals surface area contributed by atoms with E-state index in [1.54, 1.807) is 11.8 Å². The summed E-state index contributed by atoms with van der Waals surface area (Å²) in [5.74, 6) is -1.24. The molecule has 0 radical (unpaired) electrons. The van der Waals surface area contributed by atoms with E-state index in [2.05, 4.69) is 5.32 Å². The molecule has 186 valence electrons. The van der Waals surface area contributed by atoms with Crippen LogP contribution in [0.2, 0.25) is 0 Å². The van der Waals surface area contributed by atoms with Crippen LogP contribution in [0.3, 0.4) is 0 Å². The van der Waals surface area contributed by atoms with Crippen LogP contribution in [-0.4, -0.2) is 59.6 Å². The molecule has 2 aliphatic rings. The topological polar surface area (TPSA) is 95.9 Å². The molecule has 2 N–H and O–H groups in total. The summed E-state index contributed by atoms with van der Waals surface area (Å²) in [7, 11) is 0. The number of amides is 2. The molecule has 0 unspecified atom stereocenters. The Kier molecular flexibility index (Phi) is 10.1. The van der Waals surface area contributed by atoms with E-state index in [0.29, 0.717) is 19.4 Å². The van der Waals surface area contributed by atoms with Gasteiger partial charge in [-0.15, -0.1) is 0 Å². The van der Waals surface area contributed by atoms with Crippen molar-refractivity contribution in [2.24, 2.45) is 11.8 Å². The fraction of sp³-hybridized carbons (Fsp3) is 0.593. The first kappa shape index (κ1) is 25.9. The number of nitrogens with zero attached hydrogens (tertiary/aromatic N) is 1. The highest BCUT2D eigenvalue weighted by atomic mass is 16.5. The molecule has 0 aliphatic carbocycles. The molecule has 1 aromatic carbocycles. The number of hydrogen-bond donors (Lipinski definition) is 2. The zero-order valence-corrected chi connectivity index (χ0v) is 20.2. The lowest BCUT2D eigenvalue weighted by Gasteiger charge is -2.26. The molecule has 1 fully saturated rings. The predicted octanol–water partition coefficient (Wildman–Crippen LogP) is 3.01. The van der Waals surface area contributed by atoms with Crippen molar-refractivity contribution < 1.29 is 24.2 Å². The summed E-state index contributed by atoms with van der Waals surface area (Å²) in [6.45, 7) is 2.49. The number of aliphatic hydroxyl groups is 1. The molecule has 0 saturated carbocycles. The van der Waals surface area contributed by atoms with Crippen LogP contribution in [0, 0.1) is 11.8 Å². The number of likely N-dealkylation sites (tertiary alicyclic amines) is 1. The van der Waals surface area contributed by atoms with Crippen LogP contribution in [0.5, 0.6) is 0 Å². The zero-order chi connectivity index (χ0) is 24.3. The van der Waals surface area contributed by atoms with E-state index in [-0.39, 0.29) is 55.4 Å². The van der Waals surface area contributed by atoms with E-state index in [4.69, 9.17) is 4.74 Å². The van der Waals surface area contributed by atoms with Crippen LogP contribution in [0.1, 0.15) is 57.4 Å². The van der Waals surface area contributed by atoms with Crippen molar-refractivity contribution in [1.82, 2.24) is 10.2 Å². The molecule has 4 atom stereocenters. The number of aliphatic hydroxyl groups excluding tert-OH is 1. The first-order valence-electron chi connectivity index (χ1n) is 12.5. The van der Waals surface area contributed by atoms with Gasteiger partial charge in [0.2, 0.25) is 11.8 Å². The minimum absolute atomic E-state index is 0.0455. The van der Waals surface area contributed by atoms with Gasteiger partial charge < -0.3 is 20.1 Å². The predicted molar refractivity (Wildman–Crippen MR) is 130 cm³/mol. The highest BCUT2D eigenvalue weighted by molar-refractivity contribution is 5.86. The standard InChI is InChI=1S/C27H38N2O5/c1-20-19-34-27(33)23(16-21-10-5-4-6-11-21)13-8-3-2-7-12-22(26(32)28-20)17-25(31)29-15-9-14-24(29)18-30/h2,4-7,10-11,20,22-24,30H,3,8-9,12-19H2,1H3,(H,28,32)/t20-,22+,23+,24-/m0/s1. The van der Waals surface area contributed by atoms with Crippen LogP contribution in [0.15, 0.2) is 42.5 Å². The van der Waals surface area contributed by atoms with E-state index in [0.717, 1.165) is 37.7 Å². The summed E-state index contributed by atoms with van der Waals surface area (Å²) in [6, 6.07) is 9.45. The van der Waals surface area contributed by atoms with E-state index >= 15 is 0 Å². The van der Waals surface area contributed by atoms with Crippen LogP contribution >= 0.6 is 0 Å². The molecule has 0 bridgehead atoms. The normalized spacial score (nSPS) is 27.1. The molecule has 1 aromatic rings. The lowest BCUT2D eigenvalue weighted by molar-refractivity contribution is -0.150. The molecule has 7 nitrogen and oxygen atoms in total. The summed E-state index contributed by atoms with van der Waals surface area (Å²) in [6.07, 6.45) is 9.30. The molecule has 1 saturated heterocycles. The lowest BCUT2D eigenvalue weighted by Crippen LogP contribution is -2.43. The molecule has 34 heavy (non-hydrogen) atoms. The third-order valence-corrected chi connectivity index (χ3v) is 6.73. The van der Waals surface area contributed by atoms with E-state index in [1.165, 1.54) is 0 Å². The smallest absolute Gasteiger partial charge is 0.309 e. The van der Waals surface area contributed by atoms with Crippen LogP contribution < -0.4 is 5.32 Å². The number of hydrogen-bond acceptors (Lipinski definition) is 5. The Morgan fingerprint density at radius 1 is 1.12 bits per heavy atom. The van der Waals surface area contributed by atoms with Gasteiger partial charge in [0.05, 0.1) is 30.5 Å². The highest BCUT2D eigenvalue weighted by Crippen LogP contribution is 2.22. The van der Waals surface area contributed by atoms with Gasteiger partial charge in [-0.05, 0) is 57.4 Å². The van der Waals surface area contributed by atoms with Crippen molar-refractivity contribution >= 4 is 17.8 Å². The van der Waals surface area contributed by atoms with Gasteiger partial charge >= 0.3 is 5.97 Å². The number of carbonyl (C=O) groups excluding carboxylic acids is 3. The van der Waals surface area contributed by atoms with Crippen molar-refractivity contribution in [3.05, 3.63) is 48.0 Å². The second-order valence-electron chi connectivity index (χ2n) is 9.53. The highest BCUT2D eigenvalue weighted by Gasteiger charge is 2.31. The first-order valence-corrected chi connectivity index (χ1v) is 12.5. The van der Waals surface area contributed by atoms with Gasteiger partial charge in [0.25, 0.3) is 0 Å². The minimum Gasteiger partial charge on any atom is -0.463 e. The van der Waals surface area contributed by atoms with Crippen molar-refractivity contribution in [2.75, 3.05) is 19.8 Å². The summed E-state index contributed by atoms with van der Waals surface area (Å²) < 4.78 is 5.58. The minimum atomic E-state index is -0.490. The van der Waals surface area contributed by atoms with Gasteiger partial charge in [0.1, 0.15) is 6.61 Å². The molecule has 2 aliphatic heterocycles. The molecule has 0 spiro atoms. The summed E-state index contributed by atoms with van der Waals surface area (Å²) in [4.78, 5) is 40.3. The Hall–Kier alpha value is -2.67. The number of benzene rings is 1. The van der Waals surface area contributed by atoms with Gasteiger partial charge in [0, 0.05) is 13.0 Å². The number of ether oxygens (including phenoxy) is 1. The lowest BCUT2D eigenvalue weighted by atomic mass is 9.93. The number of rotatable bonds is 5. The van der Waals surface area contributed by atoms with E-state index in [1.807, 2.05) is 42.5 Å². The van der Waals surface area contributed by atoms with Crippen molar-refractivity contribution in [2.45, 2.75) is 70.4 Å². The summed E-state index contributed by atoms with van der Waals surface area (Å²) in [5.41, 5.74) is 1.11. The Bertz CT molecular complexity index is 841. The van der Waals surface area contributed by atoms with Crippen molar-refractivity contribution in [3.63, 3.8) is 0 Å². The quantitative estimate of drug-likeness (QED) is 0.510. The fourth-order valence-corrected chi connectivity index (χ4v) is 4.75. The van der Waals surface area contributed by atoms with E-state index < -0.39 is 5.92 Å². The summed E-state index contributed by atoms with van der Waals surface area (Å²) in [5, 5.41) is 12.5. The van der Waals surface area contributed by atoms with Crippen LogP contribution in [0.25, 0.3) is 0 Å². The molecular weight excluding hydrogens is 432 g/mol. The molecule has 3 rings (SSSR count). The maximum Gasteiger partial charge on any atom is 0.309 e. The summed E-state index contributed by atoms with van der Waals surface area (Å²) >= 11 is 0. The zero-order valence-electron chi connectivity index (χ0n) is 20.2. The first-order chi connectivity index (χ1) is 16.5. The fourth-order valence-electron chi connectivity index (χ4n) is 4.75. The van der Waals surface area contributed by atoms with Gasteiger partial charge in [-0.3, -0.25) is 14.4 Å². The molecule has 7 heteroatoms. The van der Waals surface area contributed by atoms with Crippen LogP contribution in [0.4, 0.5) is 0 Å². The average Bonchev–Trinajstić information content (AvgIpc) is 3.32. The number of cyclic esters (lactones) is 1. The Morgan fingerprint density at radius 3 is 2.68 bits per heavy atom. The van der Waals surface area contributed by atoms with E-state index in [9.17, 15) is 19.5 Å². The molecule has 2 amide bonds. The third kappa shape index (κ3) is 7.69. The van der Waals surface area contributed by atoms with Gasteiger partial charge in [0.15, 0.2) is 0 Å².